The molecule has 1 saturated heterocycles. The summed E-state index contributed by atoms with van der Waals surface area (Å²) in [4.78, 5) is 42.9. The number of furan rings is 1. The third-order valence-electron chi connectivity index (χ3n) is 8.85. The highest BCUT2D eigenvalue weighted by molar-refractivity contribution is 6.07. The van der Waals surface area contributed by atoms with Crippen LogP contribution in [-0.4, -0.2) is 55.3 Å². The Bertz CT molecular complexity index is 1460. The topological polar surface area (TPSA) is 94.9 Å². The summed E-state index contributed by atoms with van der Waals surface area (Å²) in [6, 6.07) is 14.1. The molecule has 242 valence electrons. The lowest BCUT2D eigenvalue weighted by molar-refractivity contribution is -0.127. The fourth-order valence-electron chi connectivity index (χ4n) is 6.21. The number of carbonyl (C=O) groups excluding carboxylic acids is 3. The van der Waals surface area contributed by atoms with Crippen molar-refractivity contribution >= 4 is 29.1 Å². The van der Waals surface area contributed by atoms with Crippen molar-refractivity contribution in [2.24, 2.45) is 0 Å². The monoisotopic (exact) mass is 614 g/mol. The third-order valence-corrected chi connectivity index (χ3v) is 8.85. The SMILES string of the molecule is CCCN(CC[C@@H](C)c1ccc(C(=O)NCCCCN2CCCC2=O)cc1NC(=O)c1c(CC)coc1C)c1ccccc1C. The van der Waals surface area contributed by atoms with Gasteiger partial charge in [-0.1, -0.05) is 45.0 Å². The zero-order valence-electron chi connectivity index (χ0n) is 27.7. The lowest BCUT2D eigenvalue weighted by Crippen LogP contribution is -2.28. The van der Waals surface area contributed by atoms with Gasteiger partial charge in [-0.05, 0) is 87.6 Å². The van der Waals surface area contributed by atoms with Gasteiger partial charge in [0.2, 0.25) is 5.91 Å². The van der Waals surface area contributed by atoms with Crippen molar-refractivity contribution in [1.29, 1.82) is 0 Å². The number of unbranched alkanes of at least 4 members (excludes halogenated alkanes) is 1. The second-order valence-electron chi connectivity index (χ2n) is 12.2. The van der Waals surface area contributed by atoms with Crippen LogP contribution in [0.4, 0.5) is 11.4 Å². The number of anilines is 2. The largest absolute Gasteiger partial charge is 0.468 e. The standard InChI is InChI=1S/C37H50N4O4/c1-6-20-40(33-14-9-8-13-27(33)4)23-18-26(3)31-17-16-30(36(43)38-19-10-11-21-41-22-12-15-34(41)42)24-32(31)39-37(44)35-28(5)45-25-29(35)7-2/h8-9,13-14,16-17,24-26H,6-7,10-12,15,18-23H2,1-5H3,(H,38,43)(H,39,44)/t26-/m1/s1. The van der Waals surface area contributed by atoms with Crippen LogP contribution in [0.25, 0.3) is 0 Å². The number of nitrogens with one attached hydrogen (secondary N) is 2. The Balaban J connectivity index is 1.49. The Hall–Kier alpha value is -4.07. The van der Waals surface area contributed by atoms with E-state index in [0.717, 1.165) is 69.4 Å². The lowest BCUT2D eigenvalue weighted by Gasteiger charge is -2.28. The minimum Gasteiger partial charge on any atom is -0.468 e. The highest BCUT2D eigenvalue weighted by atomic mass is 16.3. The van der Waals surface area contributed by atoms with E-state index in [1.54, 1.807) is 19.3 Å². The van der Waals surface area contributed by atoms with Crippen molar-refractivity contribution in [3.63, 3.8) is 0 Å². The first-order chi connectivity index (χ1) is 21.7. The maximum absolute atomic E-state index is 13.6. The van der Waals surface area contributed by atoms with Crippen LogP contribution in [-0.2, 0) is 11.2 Å². The van der Waals surface area contributed by atoms with Crippen molar-refractivity contribution in [3.8, 4) is 0 Å². The summed E-state index contributed by atoms with van der Waals surface area (Å²) in [5.41, 5.74) is 6.07. The number of rotatable bonds is 16. The van der Waals surface area contributed by atoms with E-state index in [1.165, 1.54) is 11.3 Å². The highest BCUT2D eigenvalue weighted by Crippen LogP contribution is 2.31. The summed E-state index contributed by atoms with van der Waals surface area (Å²) in [7, 11) is 0. The molecule has 0 bridgehead atoms. The summed E-state index contributed by atoms with van der Waals surface area (Å²) >= 11 is 0. The first-order valence-electron chi connectivity index (χ1n) is 16.6. The van der Waals surface area contributed by atoms with Crippen LogP contribution in [0.2, 0.25) is 0 Å². The number of amides is 3. The molecule has 4 rings (SSSR count). The number of hydrogen-bond donors (Lipinski definition) is 2. The van der Waals surface area contributed by atoms with Gasteiger partial charge in [0.25, 0.3) is 11.8 Å². The van der Waals surface area contributed by atoms with E-state index in [9.17, 15) is 14.4 Å². The van der Waals surface area contributed by atoms with Gasteiger partial charge in [0.05, 0.1) is 11.8 Å². The van der Waals surface area contributed by atoms with Crippen LogP contribution in [0.5, 0.6) is 0 Å². The fraction of sp³-hybridized carbons (Fsp3) is 0.486. The molecular formula is C37H50N4O4. The number of hydrogen-bond acceptors (Lipinski definition) is 5. The second kappa shape index (κ2) is 16.3. The molecule has 1 atom stereocenters. The molecule has 1 aliphatic heterocycles. The third kappa shape index (κ3) is 8.77. The number of benzene rings is 2. The van der Waals surface area contributed by atoms with Crippen molar-refractivity contribution in [2.75, 3.05) is 42.9 Å². The van der Waals surface area contributed by atoms with E-state index >= 15 is 0 Å². The molecule has 8 nitrogen and oxygen atoms in total. The average molecular weight is 615 g/mol. The Kier molecular flexibility index (Phi) is 12.2. The molecule has 0 saturated carbocycles. The van der Waals surface area contributed by atoms with Crippen molar-refractivity contribution in [2.45, 2.75) is 85.5 Å². The van der Waals surface area contributed by atoms with Gasteiger partial charge in [-0.2, -0.15) is 0 Å². The first kappa shape index (κ1) is 33.8. The summed E-state index contributed by atoms with van der Waals surface area (Å²) < 4.78 is 5.57. The second-order valence-corrected chi connectivity index (χ2v) is 12.2. The van der Waals surface area contributed by atoms with Crippen LogP contribution in [0.15, 0.2) is 53.1 Å². The Morgan fingerprint density at radius 1 is 1.04 bits per heavy atom. The number of likely N-dealkylation sites (tertiary alicyclic amines) is 1. The van der Waals surface area contributed by atoms with Crippen molar-refractivity contribution < 1.29 is 18.8 Å². The van der Waals surface area contributed by atoms with Gasteiger partial charge < -0.3 is 24.9 Å². The molecule has 0 spiro atoms. The molecule has 3 amide bonds. The fourth-order valence-corrected chi connectivity index (χ4v) is 6.21. The van der Waals surface area contributed by atoms with Gasteiger partial charge in [0.15, 0.2) is 0 Å². The predicted octanol–water partition coefficient (Wildman–Crippen LogP) is 7.25. The highest BCUT2D eigenvalue weighted by Gasteiger charge is 2.22. The minimum atomic E-state index is -0.229. The molecule has 1 fully saturated rings. The summed E-state index contributed by atoms with van der Waals surface area (Å²) in [6.07, 6.45) is 7.49. The number of nitrogens with zero attached hydrogens (tertiary/aromatic N) is 2. The van der Waals surface area contributed by atoms with Crippen molar-refractivity contribution in [1.82, 2.24) is 10.2 Å². The normalized spacial score (nSPS) is 13.6. The van der Waals surface area contributed by atoms with Crippen LogP contribution in [0.1, 0.15) is 108 Å². The lowest BCUT2D eigenvalue weighted by atomic mass is 9.93. The molecule has 45 heavy (non-hydrogen) atoms. The number of aryl methyl sites for hydroxylation is 3. The van der Waals surface area contributed by atoms with E-state index in [1.807, 2.05) is 24.0 Å². The van der Waals surface area contributed by atoms with Crippen LogP contribution in [0, 0.1) is 13.8 Å². The zero-order chi connectivity index (χ0) is 32.3. The number of carbonyl (C=O) groups is 3. The molecule has 1 aromatic heterocycles. The molecule has 1 aliphatic rings. The molecule has 0 radical (unpaired) electrons. The molecule has 2 heterocycles. The van der Waals surface area contributed by atoms with E-state index < -0.39 is 0 Å². The summed E-state index contributed by atoms with van der Waals surface area (Å²) in [6.45, 7) is 14.3. The van der Waals surface area contributed by atoms with E-state index in [4.69, 9.17) is 4.42 Å². The molecule has 0 unspecified atom stereocenters. The maximum Gasteiger partial charge on any atom is 0.259 e. The van der Waals surface area contributed by atoms with Crippen molar-refractivity contribution in [3.05, 3.63) is 82.3 Å². The molecule has 2 N–H and O–H groups in total. The van der Waals surface area contributed by atoms with Crippen LogP contribution < -0.4 is 15.5 Å². The van der Waals surface area contributed by atoms with Crippen LogP contribution >= 0.6 is 0 Å². The minimum absolute atomic E-state index is 0.130. The Labute approximate surface area is 268 Å². The quantitative estimate of drug-likeness (QED) is 0.166. The first-order valence-corrected chi connectivity index (χ1v) is 16.6. The van der Waals surface area contributed by atoms with Gasteiger partial charge in [0.1, 0.15) is 5.76 Å². The van der Waals surface area contributed by atoms with E-state index in [0.29, 0.717) is 42.0 Å². The van der Waals surface area contributed by atoms with Gasteiger partial charge >= 0.3 is 0 Å². The van der Waals surface area contributed by atoms with Gasteiger partial charge in [-0.15, -0.1) is 0 Å². The predicted molar refractivity (Wildman–Crippen MR) is 181 cm³/mol. The summed E-state index contributed by atoms with van der Waals surface area (Å²) in [5.74, 6) is 0.535. The molecular weight excluding hydrogens is 564 g/mol. The molecule has 2 aromatic carbocycles. The average Bonchev–Trinajstić information content (AvgIpc) is 3.63. The summed E-state index contributed by atoms with van der Waals surface area (Å²) in [5, 5.41) is 6.16. The van der Waals surface area contributed by atoms with Gasteiger partial charge in [-0.3, -0.25) is 14.4 Å². The zero-order valence-corrected chi connectivity index (χ0v) is 27.7. The van der Waals surface area contributed by atoms with Crippen LogP contribution in [0.3, 0.4) is 0 Å². The maximum atomic E-state index is 13.6. The van der Waals surface area contributed by atoms with E-state index in [2.05, 4.69) is 60.6 Å². The molecule has 0 aliphatic carbocycles. The van der Waals surface area contributed by atoms with Gasteiger partial charge in [-0.25, -0.2) is 0 Å². The molecule has 8 heteroatoms. The Morgan fingerprint density at radius 2 is 1.84 bits per heavy atom. The van der Waals surface area contributed by atoms with Gasteiger partial charge in [0, 0.05) is 61.6 Å². The number of para-hydroxylation sites is 1. The smallest absolute Gasteiger partial charge is 0.259 e. The van der Waals surface area contributed by atoms with E-state index in [-0.39, 0.29) is 23.6 Å². The molecule has 3 aromatic rings. The Morgan fingerprint density at radius 3 is 2.56 bits per heavy atom.